The van der Waals surface area contributed by atoms with Gasteiger partial charge in [0.2, 0.25) is 0 Å². The quantitative estimate of drug-likeness (QED) is 0.798. The standard InChI is InChI=1S/C15H20ClN3S/c1-20-13-7-3-2-6-12(13)19-14(8-9-16)18-11-5-4-10-17-15(11)19/h4-5,10,12-13H,2-3,6-9H2,1H3. The van der Waals surface area contributed by atoms with E-state index in [1.165, 1.54) is 25.7 Å². The van der Waals surface area contributed by atoms with E-state index in [1.54, 1.807) is 0 Å². The molecule has 5 heteroatoms. The van der Waals surface area contributed by atoms with Crippen LogP contribution in [-0.2, 0) is 6.42 Å². The summed E-state index contributed by atoms with van der Waals surface area (Å²) in [6.45, 7) is 0. The molecule has 1 saturated carbocycles. The predicted octanol–water partition coefficient (Wildman–Crippen LogP) is 4.06. The van der Waals surface area contributed by atoms with Crippen LogP contribution >= 0.6 is 23.4 Å². The van der Waals surface area contributed by atoms with Crippen LogP contribution in [0.5, 0.6) is 0 Å². The fraction of sp³-hybridized carbons (Fsp3) is 0.600. The van der Waals surface area contributed by atoms with Crippen molar-refractivity contribution in [2.75, 3.05) is 12.1 Å². The predicted molar refractivity (Wildman–Crippen MR) is 86.8 cm³/mol. The summed E-state index contributed by atoms with van der Waals surface area (Å²) in [6.07, 6.45) is 10.1. The molecule has 2 heterocycles. The minimum absolute atomic E-state index is 0.511. The normalized spacial score (nSPS) is 23.3. The maximum Gasteiger partial charge on any atom is 0.160 e. The lowest BCUT2D eigenvalue weighted by molar-refractivity contribution is 0.363. The van der Waals surface area contributed by atoms with Gasteiger partial charge < -0.3 is 4.57 Å². The third-order valence-electron chi connectivity index (χ3n) is 4.14. The van der Waals surface area contributed by atoms with Gasteiger partial charge in [-0.3, -0.25) is 0 Å². The number of fused-ring (bicyclic) bond motifs is 1. The summed E-state index contributed by atoms with van der Waals surface area (Å²) in [6, 6.07) is 4.52. The molecule has 0 N–H and O–H groups in total. The summed E-state index contributed by atoms with van der Waals surface area (Å²) in [5.41, 5.74) is 2.02. The third-order valence-corrected chi connectivity index (χ3v) is 5.49. The van der Waals surface area contributed by atoms with Gasteiger partial charge >= 0.3 is 0 Å². The van der Waals surface area contributed by atoms with Gasteiger partial charge in [0.25, 0.3) is 0 Å². The second-order valence-corrected chi connectivity index (χ2v) is 6.76. The van der Waals surface area contributed by atoms with E-state index in [0.29, 0.717) is 17.2 Å². The highest BCUT2D eigenvalue weighted by Gasteiger charge is 2.29. The number of halogens is 1. The van der Waals surface area contributed by atoms with Crippen molar-refractivity contribution in [1.82, 2.24) is 14.5 Å². The summed E-state index contributed by atoms with van der Waals surface area (Å²) in [4.78, 5) is 9.33. The number of hydrogen-bond donors (Lipinski definition) is 0. The molecule has 2 atom stereocenters. The molecule has 0 bridgehead atoms. The third kappa shape index (κ3) is 2.56. The average molecular weight is 310 g/mol. The van der Waals surface area contributed by atoms with Crippen LogP contribution in [0, 0.1) is 0 Å². The molecule has 2 aromatic rings. The van der Waals surface area contributed by atoms with Crippen LogP contribution in [0.3, 0.4) is 0 Å². The van der Waals surface area contributed by atoms with Crippen molar-refractivity contribution in [3.8, 4) is 0 Å². The van der Waals surface area contributed by atoms with Crippen molar-refractivity contribution in [2.45, 2.75) is 43.4 Å². The first kappa shape index (κ1) is 14.2. The monoisotopic (exact) mass is 309 g/mol. The minimum atomic E-state index is 0.511. The molecule has 0 radical (unpaired) electrons. The number of aryl methyl sites for hydroxylation is 1. The van der Waals surface area contributed by atoms with Gasteiger partial charge in [-0.15, -0.1) is 11.6 Å². The first-order valence-corrected chi connectivity index (χ1v) is 9.08. The number of pyridine rings is 1. The van der Waals surface area contributed by atoms with E-state index in [1.807, 2.05) is 30.1 Å². The molecule has 1 aliphatic carbocycles. The number of thioether (sulfide) groups is 1. The molecule has 0 aromatic carbocycles. The zero-order chi connectivity index (χ0) is 13.9. The molecule has 0 aliphatic heterocycles. The molecule has 2 unspecified atom stereocenters. The van der Waals surface area contributed by atoms with Crippen molar-refractivity contribution in [1.29, 1.82) is 0 Å². The van der Waals surface area contributed by atoms with Gasteiger partial charge in [-0.05, 0) is 31.2 Å². The highest BCUT2D eigenvalue weighted by atomic mass is 35.5. The molecule has 1 fully saturated rings. The van der Waals surface area contributed by atoms with Crippen molar-refractivity contribution in [3.05, 3.63) is 24.2 Å². The summed E-state index contributed by atoms with van der Waals surface area (Å²) in [5, 5.41) is 0.664. The molecule has 20 heavy (non-hydrogen) atoms. The van der Waals surface area contributed by atoms with Gasteiger partial charge in [0.1, 0.15) is 11.3 Å². The van der Waals surface area contributed by atoms with E-state index in [4.69, 9.17) is 16.6 Å². The Labute approximate surface area is 129 Å². The van der Waals surface area contributed by atoms with Crippen molar-refractivity contribution < 1.29 is 0 Å². The molecular formula is C15H20ClN3S. The molecule has 0 saturated heterocycles. The zero-order valence-corrected chi connectivity index (χ0v) is 13.3. The van der Waals surface area contributed by atoms with Crippen LogP contribution in [-0.4, -0.2) is 31.9 Å². The van der Waals surface area contributed by atoms with Crippen molar-refractivity contribution >= 4 is 34.5 Å². The van der Waals surface area contributed by atoms with Crippen molar-refractivity contribution in [2.24, 2.45) is 0 Å². The SMILES string of the molecule is CSC1CCCCC1n1c(CCCl)nc2cccnc21. The number of nitrogens with zero attached hydrogens (tertiary/aromatic N) is 3. The lowest BCUT2D eigenvalue weighted by Crippen LogP contribution is -2.27. The lowest BCUT2D eigenvalue weighted by Gasteiger charge is -2.32. The highest BCUT2D eigenvalue weighted by Crippen LogP contribution is 2.38. The molecule has 0 amide bonds. The second-order valence-electron chi connectivity index (χ2n) is 5.31. The number of rotatable bonds is 4. The Morgan fingerprint density at radius 1 is 1.40 bits per heavy atom. The molecule has 2 aromatic heterocycles. The minimum Gasteiger partial charge on any atom is -0.308 e. The summed E-state index contributed by atoms with van der Waals surface area (Å²) in [7, 11) is 0. The number of aromatic nitrogens is 3. The van der Waals surface area contributed by atoms with Gasteiger partial charge in [-0.2, -0.15) is 11.8 Å². The van der Waals surface area contributed by atoms with Gasteiger partial charge in [-0.25, -0.2) is 9.97 Å². The molecule has 0 spiro atoms. The second kappa shape index (κ2) is 6.35. The Balaban J connectivity index is 2.09. The van der Waals surface area contributed by atoms with Gasteiger partial charge in [-0.1, -0.05) is 12.8 Å². The van der Waals surface area contributed by atoms with Crippen LogP contribution in [0.25, 0.3) is 11.2 Å². The summed E-state index contributed by atoms with van der Waals surface area (Å²) >= 11 is 7.94. The number of alkyl halides is 1. The smallest absolute Gasteiger partial charge is 0.160 e. The van der Waals surface area contributed by atoms with E-state index >= 15 is 0 Å². The zero-order valence-electron chi connectivity index (χ0n) is 11.8. The fourth-order valence-electron chi connectivity index (χ4n) is 3.23. The maximum absolute atomic E-state index is 5.97. The Morgan fingerprint density at radius 2 is 2.25 bits per heavy atom. The molecule has 108 valence electrons. The Kier molecular flexibility index (Phi) is 4.51. The fourth-order valence-corrected chi connectivity index (χ4v) is 4.38. The Hall–Kier alpha value is -0.740. The topological polar surface area (TPSA) is 30.7 Å². The highest BCUT2D eigenvalue weighted by molar-refractivity contribution is 7.99. The lowest BCUT2D eigenvalue weighted by atomic mass is 9.94. The average Bonchev–Trinajstić information content (AvgIpc) is 2.85. The summed E-state index contributed by atoms with van der Waals surface area (Å²) < 4.78 is 2.37. The molecule has 3 nitrogen and oxygen atoms in total. The first-order valence-electron chi connectivity index (χ1n) is 7.25. The van der Waals surface area contributed by atoms with E-state index < -0.39 is 0 Å². The van der Waals surface area contributed by atoms with E-state index in [2.05, 4.69) is 15.8 Å². The van der Waals surface area contributed by atoms with Gasteiger partial charge in [0.05, 0.1) is 0 Å². The number of hydrogen-bond acceptors (Lipinski definition) is 3. The van der Waals surface area contributed by atoms with Crippen LogP contribution in [0.15, 0.2) is 18.3 Å². The molecule has 1 aliphatic rings. The molecule has 3 rings (SSSR count). The Morgan fingerprint density at radius 3 is 3.05 bits per heavy atom. The van der Waals surface area contributed by atoms with Crippen LogP contribution in [0.2, 0.25) is 0 Å². The van der Waals surface area contributed by atoms with Crippen LogP contribution < -0.4 is 0 Å². The van der Waals surface area contributed by atoms with Crippen LogP contribution in [0.1, 0.15) is 37.5 Å². The van der Waals surface area contributed by atoms with E-state index in [0.717, 1.165) is 23.4 Å². The summed E-state index contributed by atoms with van der Waals surface area (Å²) in [5.74, 6) is 1.71. The van der Waals surface area contributed by atoms with E-state index in [9.17, 15) is 0 Å². The maximum atomic E-state index is 5.97. The Bertz CT molecular complexity index is 584. The molecular weight excluding hydrogens is 290 g/mol. The van der Waals surface area contributed by atoms with Crippen LogP contribution in [0.4, 0.5) is 0 Å². The van der Waals surface area contributed by atoms with E-state index in [-0.39, 0.29) is 0 Å². The van der Waals surface area contributed by atoms with Crippen molar-refractivity contribution in [3.63, 3.8) is 0 Å². The first-order chi connectivity index (χ1) is 9.85. The van der Waals surface area contributed by atoms with Gasteiger partial charge in [0.15, 0.2) is 5.65 Å². The number of imidazole rings is 1. The largest absolute Gasteiger partial charge is 0.308 e. The van der Waals surface area contributed by atoms with Gasteiger partial charge in [0, 0.05) is 29.8 Å².